The highest BCUT2D eigenvalue weighted by Gasteiger charge is 2.11. The average molecular weight is 316 g/mol. The number of hydrogen-bond donors (Lipinski definition) is 2. The highest BCUT2D eigenvalue weighted by Crippen LogP contribution is 2.21. The summed E-state index contributed by atoms with van der Waals surface area (Å²) in [5.41, 5.74) is 0.538. The van der Waals surface area contributed by atoms with E-state index in [-0.39, 0.29) is 22.7 Å². The van der Waals surface area contributed by atoms with Crippen molar-refractivity contribution in [1.82, 2.24) is 0 Å². The van der Waals surface area contributed by atoms with Crippen LogP contribution in [0.4, 0.5) is 0 Å². The second-order valence-electron chi connectivity index (χ2n) is 4.43. The summed E-state index contributed by atoms with van der Waals surface area (Å²) in [7, 11) is 0. The van der Waals surface area contributed by atoms with Crippen LogP contribution in [-0.2, 0) is 0 Å². The van der Waals surface area contributed by atoms with Gasteiger partial charge in [-0.25, -0.2) is 9.59 Å². The molecule has 0 heterocycles. The molecule has 0 saturated heterocycles. The van der Waals surface area contributed by atoms with Crippen molar-refractivity contribution in [3.63, 3.8) is 0 Å². The number of aromatic carboxylic acids is 2. The number of thioether (sulfide) groups is 1. The monoisotopic (exact) mass is 316 g/mol. The van der Waals surface area contributed by atoms with Gasteiger partial charge in [-0.2, -0.15) is 0 Å². The molecule has 5 nitrogen and oxygen atoms in total. The highest BCUT2D eigenvalue weighted by atomic mass is 32.2. The summed E-state index contributed by atoms with van der Waals surface area (Å²) in [6, 6.07) is 12.1. The van der Waals surface area contributed by atoms with Crippen molar-refractivity contribution in [1.29, 1.82) is 0 Å². The maximum absolute atomic E-state index is 12.1. The predicted octanol–water partition coefficient (Wildman–Crippen LogP) is 3.06. The third-order valence-electron chi connectivity index (χ3n) is 2.88. The van der Waals surface area contributed by atoms with Crippen LogP contribution >= 0.6 is 11.8 Å². The van der Waals surface area contributed by atoms with Crippen molar-refractivity contribution in [3.8, 4) is 0 Å². The second kappa shape index (κ2) is 6.91. The zero-order valence-electron chi connectivity index (χ0n) is 11.4. The normalized spacial score (nSPS) is 10.2. The molecular formula is C16H12O5S. The summed E-state index contributed by atoms with van der Waals surface area (Å²) in [6.45, 7) is 0. The summed E-state index contributed by atoms with van der Waals surface area (Å²) in [5.74, 6) is -2.22. The largest absolute Gasteiger partial charge is 0.478 e. The van der Waals surface area contributed by atoms with E-state index in [4.69, 9.17) is 10.2 Å². The smallest absolute Gasteiger partial charge is 0.335 e. The number of carboxylic acid groups (broad SMARTS) is 2. The standard InChI is InChI=1S/C16H12O5S/c17-14(10-3-1-4-11(7-10)15(18)19)9-22-13-6-2-5-12(8-13)16(20)21/h1-8H,9H2,(H,18,19)(H,20,21). The molecule has 112 valence electrons. The number of ketones is 1. The molecule has 0 aliphatic rings. The van der Waals surface area contributed by atoms with Crippen LogP contribution in [0.2, 0.25) is 0 Å². The zero-order valence-corrected chi connectivity index (χ0v) is 12.2. The van der Waals surface area contributed by atoms with E-state index < -0.39 is 11.9 Å². The number of Topliss-reactive ketones (excluding diaryl/α,β-unsaturated/α-hetero) is 1. The molecule has 0 spiro atoms. The van der Waals surface area contributed by atoms with E-state index in [1.807, 2.05) is 0 Å². The van der Waals surface area contributed by atoms with Gasteiger partial charge in [-0.15, -0.1) is 11.8 Å². The molecule has 0 bridgehead atoms. The maximum atomic E-state index is 12.1. The van der Waals surface area contributed by atoms with Crippen LogP contribution in [0.25, 0.3) is 0 Å². The molecule has 0 unspecified atom stereocenters. The van der Waals surface area contributed by atoms with Crippen molar-refractivity contribution < 1.29 is 24.6 Å². The van der Waals surface area contributed by atoms with Gasteiger partial charge in [-0.3, -0.25) is 4.79 Å². The van der Waals surface area contributed by atoms with Crippen LogP contribution in [0.3, 0.4) is 0 Å². The van der Waals surface area contributed by atoms with Gasteiger partial charge < -0.3 is 10.2 Å². The summed E-state index contributed by atoms with van der Waals surface area (Å²) in [6.07, 6.45) is 0. The first-order valence-corrected chi connectivity index (χ1v) is 7.28. The van der Waals surface area contributed by atoms with E-state index in [0.717, 1.165) is 0 Å². The van der Waals surface area contributed by atoms with E-state index in [0.29, 0.717) is 10.5 Å². The average Bonchev–Trinajstić information content (AvgIpc) is 2.53. The third kappa shape index (κ3) is 3.95. The minimum atomic E-state index is -1.09. The molecule has 0 radical (unpaired) electrons. The summed E-state index contributed by atoms with van der Waals surface area (Å²) in [5, 5.41) is 17.8. The fourth-order valence-electron chi connectivity index (χ4n) is 1.78. The van der Waals surface area contributed by atoms with Crippen molar-refractivity contribution >= 4 is 29.5 Å². The Bertz CT molecular complexity index is 739. The fraction of sp³-hybridized carbons (Fsp3) is 0.0625. The quantitative estimate of drug-likeness (QED) is 0.628. The van der Waals surface area contributed by atoms with Gasteiger partial charge in [0.2, 0.25) is 0 Å². The van der Waals surface area contributed by atoms with Crippen molar-refractivity contribution in [2.75, 3.05) is 5.75 Å². The van der Waals surface area contributed by atoms with Crippen LogP contribution in [0, 0.1) is 0 Å². The van der Waals surface area contributed by atoms with Crippen LogP contribution < -0.4 is 0 Å². The molecule has 0 aliphatic carbocycles. The Labute approximate surface area is 130 Å². The predicted molar refractivity (Wildman–Crippen MR) is 81.9 cm³/mol. The molecule has 0 aromatic heterocycles. The van der Waals surface area contributed by atoms with Crippen molar-refractivity contribution in [2.45, 2.75) is 4.90 Å². The molecule has 2 aromatic carbocycles. The van der Waals surface area contributed by atoms with E-state index in [1.54, 1.807) is 18.2 Å². The molecular weight excluding hydrogens is 304 g/mol. The summed E-state index contributed by atoms with van der Waals surface area (Å²) in [4.78, 5) is 34.5. The number of rotatable bonds is 6. The Morgan fingerprint density at radius 3 is 2.00 bits per heavy atom. The third-order valence-corrected chi connectivity index (χ3v) is 3.88. The van der Waals surface area contributed by atoms with Crippen LogP contribution in [0.5, 0.6) is 0 Å². The van der Waals surface area contributed by atoms with Crippen LogP contribution in [0.1, 0.15) is 31.1 Å². The number of carbonyl (C=O) groups is 3. The van der Waals surface area contributed by atoms with Gasteiger partial charge in [-0.05, 0) is 30.3 Å². The molecule has 0 saturated carbocycles. The van der Waals surface area contributed by atoms with E-state index >= 15 is 0 Å². The second-order valence-corrected chi connectivity index (χ2v) is 5.48. The van der Waals surface area contributed by atoms with Gasteiger partial charge in [0.05, 0.1) is 16.9 Å². The summed E-state index contributed by atoms with van der Waals surface area (Å²) < 4.78 is 0. The van der Waals surface area contributed by atoms with Crippen LogP contribution in [0.15, 0.2) is 53.4 Å². The Kier molecular flexibility index (Phi) is 4.95. The van der Waals surface area contributed by atoms with Crippen LogP contribution in [-0.4, -0.2) is 33.7 Å². The lowest BCUT2D eigenvalue weighted by Gasteiger charge is -2.04. The topological polar surface area (TPSA) is 91.7 Å². The number of carboxylic acids is 2. The Hall–Kier alpha value is -2.60. The molecule has 6 heteroatoms. The number of hydrogen-bond acceptors (Lipinski definition) is 4. The fourth-order valence-corrected chi connectivity index (χ4v) is 2.63. The van der Waals surface area contributed by atoms with Gasteiger partial charge >= 0.3 is 11.9 Å². The molecule has 0 aliphatic heterocycles. The Morgan fingerprint density at radius 1 is 0.818 bits per heavy atom. The first-order chi connectivity index (χ1) is 10.5. The lowest BCUT2D eigenvalue weighted by atomic mass is 10.1. The van der Waals surface area contributed by atoms with Gasteiger partial charge in [0, 0.05) is 10.5 Å². The van der Waals surface area contributed by atoms with Crippen molar-refractivity contribution in [2.24, 2.45) is 0 Å². The van der Waals surface area contributed by atoms with Gasteiger partial charge in [0.25, 0.3) is 0 Å². The molecule has 0 atom stereocenters. The highest BCUT2D eigenvalue weighted by molar-refractivity contribution is 8.00. The molecule has 22 heavy (non-hydrogen) atoms. The number of benzene rings is 2. The van der Waals surface area contributed by atoms with E-state index in [1.165, 1.54) is 42.1 Å². The Balaban J connectivity index is 2.07. The molecule has 2 rings (SSSR count). The minimum Gasteiger partial charge on any atom is -0.478 e. The molecule has 2 aromatic rings. The van der Waals surface area contributed by atoms with E-state index in [2.05, 4.69) is 0 Å². The zero-order chi connectivity index (χ0) is 16.1. The molecule has 0 amide bonds. The molecule has 0 fully saturated rings. The number of carbonyl (C=O) groups excluding carboxylic acids is 1. The first-order valence-electron chi connectivity index (χ1n) is 6.30. The minimum absolute atomic E-state index is 0.0590. The maximum Gasteiger partial charge on any atom is 0.335 e. The van der Waals surface area contributed by atoms with Gasteiger partial charge in [-0.1, -0.05) is 18.2 Å². The van der Waals surface area contributed by atoms with E-state index in [9.17, 15) is 14.4 Å². The molecule has 2 N–H and O–H groups in total. The van der Waals surface area contributed by atoms with Crippen molar-refractivity contribution in [3.05, 3.63) is 65.2 Å². The summed E-state index contributed by atoms with van der Waals surface area (Å²) >= 11 is 1.21. The van der Waals surface area contributed by atoms with Gasteiger partial charge in [0.15, 0.2) is 5.78 Å². The Morgan fingerprint density at radius 2 is 1.36 bits per heavy atom. The van der Waals surface area contributed by atoms with Gasteiger partial charge in [0.1, 0.15) is 0 Å². The SMILES string of the molecule is O=C(O)c1cccc(SCC(=O)c2cccc(C(=O)O)c2)c1. The lowest BCUT2D eigenvalue weighted by molar-refractivity contribution is 0.0686. The first kappa shape index (κ1) is 15.8. The lowest BCUT2D eigenvalue weighted by Crippen LogP contribution is -2.05.